The van der Waals surface area contributed by atoms with Crippen molar-refractivity contribution in [2.75, 3.05) is 19.8 Å². The molecule has 1 saturated carbocycles. The van der Waals surface area contributed by atoms with Gasteiger partial charge in [0, 0.05) is 6.08 Å². The third-order valence-corrected chi connectivity index (χ3v) is 7.00. The van der Waals surface area contributed by atoms with Crippen LogP contribution < -0.4 is 0 Å². The van der Waals surface area contributed by atoms with Crippen LogP contribution >= 0.6 is 0 Å². The fourth-order valence-corrected chi connectivity index (χ4v) is 5.12. The third kappa shape index (κ3) is 6.60. The fraction of sp³-hybridized carbons (Fsp3) is 0.467. The number of ether oxygens (including phenoxy) is 4. The molecule has 1 aromatic carbocycles. The molecule has 3 rings (SSSR count). The van der Waals surface area contributed by atoms with E-state index < -0.39 is 35.2 Å². The highest BCUT2D eigenvalue weighted by Crippen LogP contribution is 2.53. The van der Waals surface area contributed by atoms with Gasteiger partial charge in [-0.05, 0) is 68.6 Å². The highest BCUT2D eigenvalue weighted by Gasteiger charge is 2.58. The zero-order chi connectivity index (χ0) is 27.7. The second kappa shape index (κ2) is 13.2. The molecule has 0 N–H and O–H groups in total. The van der Waals surface area contributed by atoms with Gasteiger partial charge in [-0.15, -0.1) is 0 Å². The zero-order valence-corrected chi connectivity index (χ0v) is 22.3. The normalized spacial score (nSPS) is 23.9. The van der Waals surface area contributed by atoms with Gasteiger partial charge in [0.25, 0.3) is 0 Å². The summed E-state index contributed by atoms with van der Waals surface area (Å²) in [6.45, 7) is 9.89. The van der Waals surface area contributed by atoms with Crippen LogP contribution in [0.25, 0.3) is 0 Å². The van der Waals surface area contributed by atoms with Gasteiger partial charge in [0.1, 0.15) is 6.61 Å². The quantitative estimate of drug-likeness (QED) is 0.153. The Balaban J connectivity index is 1.95. The van der Waals surface area contributed by atoms with Crippen LogP contribution in [0.4, 0.5) is 0 Å². The second-order valence-corrected chi connectivity index (χ2v) is 9.44. The van der Waals surface area contributed by atoms with E-state index in [1.807, 2.05) is 36.4 Å². The topological polar surface area (TPSA) is 105 Å². The van der Waals surface area contributed by atoms with Gasteiger partial charge >= 0.3 is 23.9 Å². The number of rotatable bonds is 9. The third-order valence-electron chi connectivity index (χ3n) is 7.00. The number of carbonyl (C=O) groups excluding carboxylic acids is 4. The number of hydrogen-bond donors (Lipinski definition) is 0. The highest BCUT2D eigenvalue weighted by molar-refractivity contribution is 6.00. The van der Waals surface area contributed by atoms with Crippen LogP contribution in [0.2, 0.25) is 0 Å². The molecule has 2 aliphatic carbocycles. The Kier molecular flexibility index (Phi) is 10.0. The van der Waals surface area contributed by atoms with E-state index in [-0.39, 0.29) is 57.5 Å². The van der Waals surface area contributed by atoms with Gasteiger partial charge in [-0.1, -0.05) is 49.1 Å². The minimum atomic E-state index is -1.50. The molecule has 38 heavy (non-hydrogen) atoms. The van der Waals surface area contributed by atoms with Crippen LogP contribution in [0.3, 0.4) is 0 Å². The molecule has 0 heterocycles. The predicted octanol–water partition coefficient (Wildman–Crippen LogP) is 4.49. The molecular formula is C30H36O8. The maximum absolute atomic E-state index is 13.1. The van der Waals surface area contributed by atoms with Gasteiger partial charge in [-0.3, -0.25) is 14.4 Å². The summed E-state index contributed by atoms with van der Waals surface area (Å²) in [4.78, 5) is 51.7. The summed E-state index contributed by atoms with van der Waals surface area (Å²) in [7, 11) is 0. The average molecular weight is 525 g/mol. The molecule has 0 radical (unpaired) electrons. The summed E-state index contributed by atoms with van der Waals surface area (Å²) in [5, 5.41) is 0. The maximum Gasteiger partial charge on any atom is 0.331 e. The van der Waals surface area contributed by atoms with Gasteiger partial charge in [0.2, 0.25) is 0 Å². The molecular weight excluding hydrogens is 488 g/mol. The van der Waals surface area contributed by atoms with Crippen molar-refractivity contribution in [1.82, 2.24) is 0 Å². The Morgan fingerprint density at radius 2 is 1.53 bits per heavy atom. The smallest absolute Gasteiger partial charge is 0.331 e. The Morgan fingerprint density at radius 1 is 0.895 bits per heavy atom. The van der Waals surface area contributed by atoms with E-state index in [9.17, 15) is 19.2 Å². The Labute approximate surface area is 223 Å². The van der Waals surface area contributed by atoms with Crippen molar-refractivity contribution in [2.45, 2.75) is 46.6 Å². The first-order valence-corrected chi connectivity index (χ1v) is 13.1. The van der Waals surface area contributed by atoms with Crippen LogP contribution in [0.5, 0.6) is 0 Å². The van der Waals surface area contributed by atoms with Crippen LogP contribution in [-0.4, -0.2) is 43.7 Å². The van der Waals surface area contributed by atoms with E-state index in [4.69, 9.17) is 18.9 Å². The van der Waals surface area contributed by atoms with Crippen LogP contribution in [-0.2, 0) is 44.7 Å². The number of allylic oxidation sites excluding steroid dienone is 3. The highest BCUT2D eigenvalue weighted by atomic mass is 16.6. The van der Waals surface area contributed by atoms with Crippen molar-refractivity contribution in [3.05, 3.63) is 71.8 Å². The molecule has 204 valence electrons. The number of carbonyl (C=O) groups is 4. The van der Waals surface area contributed by atoms with E-state index in [0.29, 0.717) is 11.1 Å². The van der Waals surface area contributed by atoms with E-state index >= 15 is 0 Å². The molecule has 3 atom stereocenters. The minimum absolute atomic E-state index is 0.0953. The first-order valence-electron chi connectivity index (χ1n) is 13.1. The van der Waals surface area contributed by atoms with Crippen molar-refractivity contribution < 1.29 is 38.1 Å². The summed E-state index contributed by atoms with van der Waals surface area (Å²) in [5.41, 5.74) is 0.425. The van der Waals surface area contributed by atoms with Crippen molar-refractivity contribution in [3.63, 3.8) is 0 Å². The summed E-state index contributed by atoms with van der Waals surface area (Å²) < 4.78 is 21.3. The molecule has 1 aromatic rings. The lowest BCUT2D eigenvalue weighted by molar-refractivity contribution is -0.172. The number of hydrogen-bond acceptors (Lipinski definition) is 8. The molecule has 0 spiro atoms. The lowest BCUT2D eigenvalue weighted by Crippen LogP contribution is -2.40. The molecule has 8 nitrogen and oxygen atoms in total. The van der Waals surface area contributed by atoms with Crippen LogP contribution in [0.1, 0.15) is 45.6 Å². The van der Waals surface area contributed by atoms with Gasteiger partial charge in [0.05, 0.1) is 25.7 Å². The molecule has 8 heteroatoms. The number of fused-ring (bicyclic) bond motifs is 1. The summed E-state index contributed by atoms with van der Waals surface area (Å²) in [6.07, 6.45) is 5.37. The molecule has 0 aromatic heterocycles. The Bertz CT molecular complexity index is 1080. The van der Waals surface area contributed by atoms with Crippen molar-refractivity contribution in [2.24, 2.45) is 23.2 Å². The van der Waals surface area contributed by atoms with E-state index in [1.54, 1.807) is 26.8 Å². The van der Waals surface area contributed by atoms with Crippen molar-refractivity contribution in [1.29, 1.82) is 0 Å². The minimum Gasteiger partial charge on any atom is -0.466 e. The molecule has 0 saturated heterocycles. The zero-order valence-electron chi connectivity index (χ0n) is 22.3. The van der Waals surface area contributed by atoms with Gasteiger partial charge < -0.3 is 18.9 Å². The van der Waals surface area contributed by atoms with E-state index in [1.165, 1.54) is 6.08 Å². The monoisotopic (exact) mass is 524 g/mol. The van der Waals surface area contributed by atoms with Gasteiger partial charge in [-0.2, -0.15) is 0 Å². The first kappa shape index (κ1) is 28.9. The Hall–Kier alpha value is -3.68. The lowest BCUT2D eigenvalue weighted by Gasteiger charge is -2.27. The number of benzene rings is 1. The van der Waals surface area contributed by atoms with Gasteiger partial charge in [0.15, 0.2) is 5.41 Å². The van der Waals surface area contributed by atoms with E-state index in [0.717, 1.165) is 5.56 Å². The molecule has 2 aliphatic rings. The number of esters is 4. The average Bonchev–Trinajstić information content (AvgIpc) is 3.29. The maximum atomic E-state index is 13.1. The molecule has 0 aliphatic heterocycles. The van der Waals surface area contributed by atoms with Gasteiger partial charge in [-0.25, -0.2) is 4.79 Å². The largest absolute Gasteiger partial charge is 0.466 e. The summed E-state index contributed by atoms with van der Waals surface area (Å²) in [6, 6.07) is 9.29. The lowest BCUT2D eigenvalue weighted by atomic mass is 9.78. The first-order chi connectivity index (χ1) is 18.2. The molecule has 1 fully saturated rings. The van der Waals surface area contributed by atoms with Crippen molar-refractivity contribution in [3.8, 4) is 0 Å². The molecule has 0 amide bonds. The second-order valence-electron chi connectivity index (χ2n) is 9.44. The predicted molar refractivity (Wildman–Crippen MR) is 139 cm³/mol. The molecule has 0 bridgehead atoms. The molecule has 0 unspecified atom stereocenters. The summed E-state index contributed by atoms with van der Waals surface area (Å²) in [5.74, 6) is -3.61. The fourth-order valence-electron chi connectivity index (χ4n) is 5.12. The Morgan fingerprint density at radius 3 is 2.13 bits per heavy atom. The van der Waals surface area contributed by atoms with Crippen molar-refractivity contribution >= 4 is 23.9 Å². The van der Waals surface area contributed by atoms with Crippen LogP contribution in [0, 0.1) is 23.2 Å². The van der Waals surface area contributed by atoms with E-state index in [2.05, 4.69) is 6.58 Å². The van der Waals surface area contributed by atoms with Crippen LogP contribution in [0.15, 0.2) is 66.3 Å². The SMILES string of the molecule is C=C1/C(=C/C(=O)OCc2ccccc2)C[C@H](C(=O)OCC)/C=C\[C@@H]2CC(C(=O)OCC)(C(=O)OCC)C[C@H]12. The summed E-state index contributed by atoms with van der Waals surface area (Å²) >= 11 is 0. The standard InChI is InChI=1S/C30H36O8/c1-5-35-27(32)22-13-14-23-17-30(28(33)36-6-2,29(34)37-7-3)18-25(23)20(4)24(15-22)16-26(31)38-19-21-11-9-8-10-12-21/h8-14,16,22-23,25H,4-7,15,17-19H2,1-3H3/b14-13-,24-16+/t22-,23-,25-/m1/s1.